The lowest BCUT2D eigenvalue weighted by atomic mass is 10.0. The first kappa shape index (κ1) is 14.3. The molecular formula is C16H13ClO3. The number of rotatable bonds is 4. The van der Waals surface area contributed by atoms with Crippen LogP contribution in [0.25, 0.3) is 10.8 Å². The monoisotopic (exact) mass is 288 g/mol. The molecule has 0 N–H and O–H groups in total. The van der Waals surface area contributed by atoms with Gasteiger partial charge in [0, 0.05) is 22.0 Å². The van der Waals surface area contributed by atoms with Gasteiger partial charge in [0.25, 0.3) is 0 Å². The largest absolute Gasteiger partial charge is 0.463 e. The van der Waals surface area contributed by atoms with E-state index in [1.165, 1.54) is 6.08 Å². The number of ether oxygens (including phenoxy) is 1. The molecule has 0 aromatic heterocycles. The SMILES string of the molecule is CCOC(=O)C=CC(=O)c1ccc(Cl)c2ccccc12. The van der Waals surface area contributed by atoms with Crippen LogP contribution >= 0.6 is 11.6 Å². The topological polar surface area (TPSA) is 43.4 Å². The molecule has 0 aliphatic rings. The molecule has 0 fully saturated rings. The number of esters is 1. The third kappa shape index (κ3) is 3.06. The molecule has 0 radical (unpaired) electrons. The van der Waals surface area contributed by atoms with E-state index in [1.54, 1.807) is 19.1 Å². The van der Waals surface area contributed by atoms with Crippen LogP contribution in [-0.2, 0) is 9.53 Å². The first-order chi connectivity index (χ1) is 9.63. The molecule has 0 saturated heterocycles. The summed E-state index contributed by atoms with van der Waals surface area (Å²) in [5.74, 6) is -0.787. The number of fused-ring (bicyclic) bond motifs is 1. The lowest BCUT2D eigenvalue weighted by Gasteiger charge is -2.05. The quantitative estimate of drug-likeness (QED) is 0.488. The van der Waals surface area contributed by atoms with Gasteiger partial charge in [-0.05, 0) is 30.5 Å². The fraction of sp³-hybridized carbons (Fsp3) is 0.125. The molecule has 2 aromatic carbocycles. The maximum absolute atomic E-state index is 12.1. The fourth-order valence-electron chi connectivity index (χ4n) is 1.90. The van der Waals surface area contributed by atoms with Crippen LogP contribution in [0.1, 0.15) is 17.3 Å². The second-order valence-corrected chi connectivity index (χ2v) is 4.50. The molecule has 0 aliphatic heterocycles. The summed E-state index contributed by atoms with van der Waals surface area (Å²) in [5.41, 5.74) is 0.505. The zero-order chi connectivity index (χ0) is 14.5. The Labute approximate surface area is 121 Å². The third-order valence-electron chi connectivity index (χ3n) is 2.79. The van der Waals surface area contributed by atoms with Crippen molar-refractivity contribution in [2.24, 2.45) is 0 Å². The Bertz CT molecular complexity index is 689. The number of carbonyl (C=O) groups excluding carboxylic acids is 2. The van der Waals surface area contributed by atoms with Gasteiger partial charge in [-0.1, -0.05) is 35.9 Å². The van der Waals surface area contributed by atoms with Gasteiger partial charge in [-0.15, -0.1) is 0 Å². The molecule has 0 spiro atoms. The summed E-state index contributed by atoms with van der Waals surface area (Å²) in [6, 6.07) is 10.7. The Kier molecular flexibility index (Phi) is 4.53. The van der Waals surface area contributed by atoms with Gasteiger partial charge in [-0.3, -0.25) is 4.79 Å². The number of ketones is 1. The minimum absolute atomic E-state index is 0.258. The third-order valence-corrected chi connectivity index (χ3v) is 3.12. The van der Waals surface area contributed by atoms with Crippen molar-refractivity contribution in [2.45, 2.75) is 6.92 Å². The Morgan fingerprint density at radius 3 is 2.50 bits per heavy atom. The van der Waals surface area contributed by atoms with E-state index < -0.39 is 5.97 Å². The highest BCUT2D eigenvalue weighted by atomic mass is 35.5. The summed E-state index contributed by atoms with van der Waals surface area (Å²) in [7, 11) is 0. The van der Waals surface area contributed by atoms with Crippen molar-refractivity contribution in [2.75, 3.05) is 6.61 Å². The normalized spacial score (nSPS) is 10.9. The molecule has 102 valence electrons. The van der Waals surface area contributed by atoms with Gasteiger partial charge in [0.05, 0.1) is 6.61 Å². The van der Waals surface area contributed by atoms with Crippen LogP contribution < -0.4 is 0 Å². The summed E-state index contributed by atoms with van der Waals surface area (Å²) < 4.78 is 4.74. The molecule has 0 aliphatic carbocycles. The Hall–Kier alpha value is -2.13. The highest BCUT2D eigenvalue weighted by molar-refractivity contribution is 6.36. The first-order valence-electron chi connectivity index (χ1n) is 6.20. The molecule has 0 atom stereocenters. The summed E-state index contributed by atoms with van der Waals surface area (Å²) in [5, 5.41) is 2.16. The van der Waals surface area contributed by atoms with Gasteiger partial charge in [0.2, 0.25) is 0 Å². The number of hydrogen-bond donors (Lipinski definition) is 0. The Morgan fingerprint density at radius 2 is 1.80 bits per heavy atom. The van der Waals surface area contributed by atoms with Crippen LogP contribution in [0.15, 0.2) is 48.6 Å². The van der Waals surface area contributed by atoms with E-state index in [0.717, 1.165) is 16.8 Å². The number of carbonyl (C=O) groups is 2. The molecule has 0 bridgehead atoms. The molecule has 0 saturated carbocycles. The second-order valence-electron chi connectivity index (χ2n) is 4.09. The van der Waals surface area contributed by atoms with Crippen LogP contribution in [-0.4, -0.2) is 18.4 Å². The van der Waals surface area contributed by atoms with E-state index in [9.17, 15) is 9.59 Å². The van der Waals surface area contributed by atoms with Crippen LogP contribution in [0.3, 0.4) is 0 Å². The number of hydrogen-bond acceptors (Lipinski definition) is 3. The predicted molar refractivity (Wildman–Crippen MR) is 79.1 cm³/mol. The average molecular weight is 289 g/mol. The minimum Gasteiger partial charge on any atom is -0.463 e. The van der Waals surface area contributed by atoms with Gasteiger partial charge in [0.1, 0.15) is 0 Å². The van der Waals surface area contributed by atoms with Crippen LogP contribution in [0.2, 0.25) is 5.02 Å². The van der Waals surface area contributed by atoms with Crippen molar-refractivity contribution >= 4 is 34.1 Å². The zero-order valence-electron chi connectivity index (χ0n) is 10.9. The van der Waals surface area contributed by atoms with Crippen LogP contribution in [0.5, 0.6) is 0 Å². The maximum atomic E-state index is 12.1. The summed E-state index contributed by atoms with van der Waals surface area (Å²) in [6.07, 6.45) is 2.35. The lowest BCUT2D eigenvalue weighted by Crippen LogP contribution is -2.02. The summed E-state index contributed by atoms with van der Waals surface area (Å²) in [6.45, 7) is 1.99. The van der Waals surface area contributed by atoms with Gasteiger partial charge >= 0.3 is 5.97 Å². The minimum atomic E-state index is -0.529. The zero-order valence-corrected chi connectivity index (χ0v) is 11.7. The molecular weight excluding hydrogens is 276 g/mol. The predicted octanol–water partition coefficient (Wildman–Crippen LogP) is 3.80. The molecule has 0 unspecified atom stereocenters. The van der Waals surface area contributed by atoms with Gasteiger partial charge in [-0.2, -0.15) is 0 Å². The van der Waals surface area contributed by atoms with E-state index in [0.29, 0.717) is 10.6 Å². The Morgan fingerprint density at radius 1 is 1.10 bits per heavy atom. The van der Waals surface area contributed by atoms with Crippen molar-refractivity contribution < 1.29 is 14.3 Å². The summed E-state index contributed by atoms with van der Waals surface area (Å²) in [4.78, 5) is 23.4. The lowest BCUT2D eigenvalue weighted by molar-refractivity contribution is -0.137. The smallest absolute Gasteiger partial charge is 0.330 e. The van der Waals surface area contributed by atoms with E-state index in [1.807, 2.05) is 24.3 Å². The van der Waals surface area contributed by atoms with E-state index in [2.05, 4.69) is 0 Å². The van der Waals surface area contributed by atoms with Crippen molar-refractivity contribution in [3.8, 4) is 0 Å². The van der Waals surface area contributed by atoms with Gasteiger partial charge in [-0.25, -0.2) is 4.79 Å². The van der Waals surface area contributed by atoms with Gasteiger partial charge < -0.3 is 4.74 Å². The van der Waals surface area contributed by atoms with E-state index >= 15 is 0 Å². The van der Waals surface area contributed by atoms with Crippen molar-refractivity contribution in [3.05, 3.63) is 59.1 Å². The van der Waals surface area contributed by atoms with E-state index in [-0.39, 0.29) is 12.4 Å². The second kappa shape index (κ2) is 6.35. The van der Waals surface area contributed by atoms with Crippen molar-refractivity contribution in [1.82, 2.24) is 0 Å². The highest BCUT2D eigenvalue weighted by Gasteiger charge is 2.09. The Balaban J connectivity index is 2.36. The molecule has 3 nitrogen and oxygen atoms in total. The van der Waals surface area contributed by atoms with Crippen LogP contribution in [0.4, 0.5) is 0 Å². The molecule has 20 heavy (non-hydrogen) atoms. The standard InChI is InChI=1S/C16H13ClO3/c1-2-20-16(19)10-9-15(18)13-7-8-14(17)12-6-4-3-5-11(12)13/h3-10H,2H2,1H3. The van der Waals surface area contributed by atoms with Crippen LogP contribution in [0, 0.1) is 0 Å². The first-order valence-corrected chi connectivity index (χ1v) is 6.57. The maximum Gasteiger partial charge on any atom is 0.330 e. The molecule has 2 rings (SSSR count). The molecule has 0 amide bonds. The number of benzene rings is 2. The highest BCUT2D eigenvalue weighted by Crippen LogP contribution is 2.26. The van der Waals surface area contributed by atoms with E-state index in [4.69, 9.17) is 16.3 Å². The fourth-order valence-corrected chi connectivity index (χ4v) is 2.13. The van der Waals surface area contributed by atoms with Crippen molar-refractivity contribution in [3.63, 3.8) is 0 Å². The molecule has 4 heteroatoms. The molecule has 2 aromatic rings. The van der Waals surface area contributed by atoms with Crippen molar-refractivity contribution in [1.29, 1.82) is 0 Å². The molecule has 0 heterocycles. The number of halogens is 1. The average Bonchev–Trinajstić information content (AvgIpc) is 2.46. The summed E-state index contributed by atoms with van der Waals surface area (Å²) >= 11 is 6.10. The van der Waals surface area contributed by atoms with Gasteiger partial charge in [0.15, 0.2) is 5.78 Å². The number of allylic oxidation sites excluding steroid dienone is 1.